The number of hydrogen-bond donors (Lipinski definition) is 1. The van der Waals surface area contributed by atoms with Gasteiger partial charge in [-0.1, -0.05) is 42.0 Å². The smallest absolute Gasteiger partial charge is 0.338 e. The Balaban J connectivity index is 1.81. The summed E-state index contributed by atoms with van der Waals surface area (Å²) in [4.78, 5) is 12.3. The van der Waals surface area contributed by atoms with Gasteiger partial charge in [-0.3, -0.25) is 0 Å². The van der Waals surface area contributed by atoms with Crippen molar-refractivity contribution in [3.63, 3.8) is 0 Å². The molecule has 0 heterocycles. The lowest BCUT2D eigenvalue weighted by Crippen LogP contribution is -2.41. The number of benzene rings is 1. The highest BCUT2D eigenvalue weighted by Gasteiger charge is 2.42. The maximum absolute atomic E-state index is 12.3. The van der Waals surface area contributed by atoms with E-state index < -0.39 is 6.10 Å². The topological polar surface area (TPSA) is 46.5 Å². The van der Waals surface area contributed by atoms with Crippen LogP contribution in [0, 0.1) is 5.41 Å². The third-order valence-corrected chi connectivity index (χ3v) is 4.54. The van der Waals surface area contributed by atoms with Crippen LogP contribution in [-0.4, -0.2) is 23.3 Å². The molecule has 2 aliphatic rings. The van der Waals surface area contributed by atoms with Gasteiger partial charge in [-0.05, 0) is 38.3 Å². The first-order chi connectivity index (χ1) is 10.1. The van der Waals surface area contributed by atoms with Crippen molar-refractivity contribution in [2.45, 2.75) is 38.4 Å². The Hall–Kier alpha value is -1.87. The van der Waals surface area contributed by atoms with E-state index in [1.165, 1.54) is 5.57 Å². The lowest BCUT2D eigenvalue weighted by atomic mass is 9.67. The van der Waals surface area contributed by atoms with Crippen LogP contribution in [0.15, 0.2) is 54.1 Å². The number of hydrogen-bond acceptors (Lipinski definition) is 3. The molecule has 1 saturated carbocycles. The van der Waals surface area contributed by atoms with Gasteiger partial charge >= 0.3 is 5.97 Å². The van der Waals surface area contributed by atoms with Gasteiger partial charge in [0.2, 0.25) is 0 Å². The molecule has 21 heavy (non-hydrogen) atoms. The van der Waals surface area contributed by atoms with E-state index >= 15 is 0 Å². The molecule has 2 aliphatic carbocycles. The fourth-order valence-electron chi connectivity index (χ4n) is 3.24. The van der Waals surface area contributed by atoms with Crippen molar-refractivity contribution in [3.8, 4) is 0 Å². The second kappa shape index (κ2) is 5.49. The lowest BCUT2D eigenvalue weighted by molar-refractivity contribution is -0.00252. The Labute approximate surface area is 124 Å². The molecule has 0 spiro atoms. The first-order valence-corrected chi connectivity index (χ1v) is 7.44. The summed E-state index contributed by atoms with van der Waals surface area (Å²) < 4.78 is 5.77. The zero-order chi connectivity index (χ0) is 14.9. The molecule has 0 amide bonds. The summed E-state index contributed by atoms with van der Waals surface area (Å²) in [6.45, 7) is 2.09. The van der Waals surface area contributed by atoms with Crippen LogP contribution in [0.5, 0.6) is 0 Å². The minimum atomic E-state index is -0.517. The van der Waals surface area contributed by atoms with Crippen molar-refractivity contribution >= 4 is 5.97 Å². The van der Waals surface area contributed by atoms with Crippen LogP contribution >= 0.6 is 0 Å². The van der Waals surface area contributed by atoms with Crippen molar-refractivity contribution in [3.05, 3.63) is 59.7 Å². The van der Waals surface area contributed by atoms with Crippen molar-refractivity contribution in [1.82, 2.24) is 0 Å². The molecule has 0 radical (unpaired) electrons. The van der Waals surface area contributed by atoms with Gasteiger partial charge in [0.15, 0.2) is 0 Å². The predicted octanol–water partition coefficient (Wildman–Crippen LogP) is 3.26. The maximum Gasteiger partial charge on any atom is 0.338 e. The fraction of sp³-hybridized carbons (Fsp3) is 0.389. The van der Waals surface area contributed by atoms with E-state index in [1.807, 2.05) is 30.4 Å². The average molecular weight is 284 g/mol. The third kappa shape index (κ3) is 2.66. The van der Waals surface area contributed by atoms with Crippen molar-refractivity contribution in [2.75, 3.05) is 0 Å². The van der Waals surface area contributed by atoms with E-state index in [1.54, 1.807) is 18.2 Å². The van der Waals surface area contributed by atoms with E-state index in [9.17, 15) is 9.90 Å². The van der Waals surface area contributed by atoms with Gasteiger partial charge in [-0.2, -0.15) is 0 Å². The van der Waals surface area contributed by atoms with Gasteiger partial charge in [0.1, 0.15) is 6.10 Å². The molecule has 1 fully saturated rings. The summed E-state index contributed by atoms with van der Waals surface area (Å²) in [5.41, 5.74) is 1.47. The first-order valence-electron chi connectivity index (χ1n) is 7.44. The van der Waals surface area contributed by atoms with Crippen LogP contribution < -0.4 is 0 Å². The Bertz CT molecular complexity index is 588. The molecule has 3 rings (SSSR count). The number of carbonyl (C=O) groups excluding carboxylic acids is 1. The SMILES string of the molecule is CC12C=CC(O)C=C1CCCC2OC(=O)c1ccccc1. The summed E-state index contributed by atoms with van der Waals surface area (Å²) >= 11 is 0. The number of aliphatic hydroxyl groups excluding tert-OH is 1. The molecule has 3 heteroatoms. The van der Waals surface area contributed by atoms with Gasteiger partial charge in [-0.15, -0.1) is 0 Å². The molecule has 1 aromatic carbocycles. The summed E-state index contributed by atoms with van der Waals surface area (Å²) in [6, 6.07) is 9.09. The summed E-state index contributed by atoms with van der Waals surface area (Å²) in [6.07, 6.45) is 7.76. The number of ether oxygens (including phenoxy) is 1. The minimum absolute atomic E-state index is 0.172. The molecule has 0 saturated heterocycles. The van der Waals surface area contributed by atoms with E-state index in [-0.39, 0.29) is 17.5 Å². The largest absolute Gasteiger partial charge is 0.458 e. The Morgan fingerprint density at radius 3 is 2.86 bits per heavy atom. The van der Waals surface area contributed by atoms with Crippen molar-refractivity contribution in [1.29, 1.82) is 0 Å². The summed E-state index contributed by atoms with van der Waals surface area (Å²) in [5, 5.41) is 9.74. The van der Waals surface area contributed by atoms with Crippen LogP contribution in [0.2, 0.25) is 0 Å². The van der Waals surface area contributed by atoms with E-state index in [0.29, 0.717) is 5.56 Å². The molecule has 3 nitrogen and oxygen atoms in total. The molecular formula is C18H20O3. The third-order valence-electron chi connectivity index (χ3n) is 4.54. The van der Waals surface area contributed by atoms with Gasteiger partial charge in [-0.25, -0.2) is 4.79 Å². The number of rotatable bonds is 2. The normalized spacial score (nSPS) is 31.2. The Kier molecular flexibility index (Phi) is 3.68. The minimum Gasteiger partial charge on any atom is -0.458 e. The molecule has 3 atom stereocenters. The predicted molar refractivity (Wildman–Crippen MR) is 80.8 cm³/mol. The zero-order valence-electron chi connectivity index (χ0n) is 12.2. The molecule has 110 valence electrons. The monoisotopic (exact) mass is 284 g/mol. The van der Waals surface area contributed by atoms with Gasteiger partial charge < -0.3 is 9.84 Å². The molecular weight excluding hydrogens is 264 g/mol. The molecule has 0 aromatic heterocycles. The molecule has 0 bridgehead atoms. The summed E-state index contributed by atoms with van der Waals surface area (Å²) in [7, 11) is 0. The zero-order valence-corrected chi connectivity index (χ0v) is 12.2. The fourth-order valence-corrected chi connectivity index (χ4v) is 3.24. The second-order valence-electron chi connectivity index (χ2n) is 5.98. The maximum atomic E-state index is 12.3. The van der Waals surface area contributed by atoms with Crippen LogP contribution in [0.1, 0.15) is 36.5 Å². The van der Waals surface area contributed by atoms with Crippen LogP contribution in [0.25, 0.3) is 0 Å². The first kappa shape index (κ1) is 14.1. The van der Waals surface area contributed by atoms with Gasteiger partial charge in [0.05, 0.1) is 11.7 Å². The number of fused-ring (bicyclic) bond motifs is 1. The molecule has 3 unspecified atom stereocenters. The molecule has 1 aromatic rings. The Morgan fingerprint density at radius 1 is 1.33 bits per heavy atom. The van der Waals surface area contributed by atoms with E-state index in [4.69, 9.17) is 4.74 Å². The standard InChI is InChI=1S/C18H20O3/c1-18-11-10-15(19)12-14(18)8-5-9-16(18)21-17(20)13-6-3-2-4-7-13/h2-4,6-7,10-12,15-16,19H,5,8-9H2,1H3. The van der Waals surface area contributed by atoms with Crippen LogP contribution in [0.3, 0.4) is 0 Å². The van der Waals surface area contributed by atoms with Crippen LogP contribution in [0.4, 0.5) is 0 Å². The average Bonchev–Trinajstić information content (AvgIpc) is 2.50. The Morgan fingerprint density at radius 2 is 2.10 bits per heavy atom. The number of aliphatic hydroxyl groups is 1. The van der Waals surface area contributed by atoms with Gasteiger partial charge in [0, 0.05) is 5.41 Å². The van der Waals surface area contributed by atoms with Crippen LogP contribution in [-0.2, 0) is 4.74 Å². The highest BCUT2D eigenvalue weighted by molar-refractivity contribution is 5.89. The highest BCUT2D eigenvalue weighted by atomic mass is 16.5. The van der Waals surface area contributed by atoms with Gasteiger partial charge in [0.25, 0.3) is 0 Å². The highest BCUT2D eigenvalue weighted by Crippen LogP contribution is 2.45. The van der Waals surface area contributed by atoms with E-state index in [0.717, 1.165) is 19.3 Å². The lowest BCUT2D eigenvalue weighted by Gasteiger charge is -2.42. The second-order valence-corrected chi connectivity index (χ2v) is 5.98. The quantitative estimate of drug-likeness (QED) is 0.670. The number of carbonyl (C=O) groups is 1. The van der Waals surface area contributed by atoms with E-state index in [2.05, 4.69) is 6.92 Å². The molecule has 0 aliphatic heterocycles. The number of esters is 1. The molecule has 1 N–H and O–H groups in total. The van der Waals surface area contributed by atoms with Crippen molar-refractivity contribution in [2.24, 2.45) is 5.41 Å². The van der Waals surface area contributed by atoms with Crippen molar-refractivity contribution < 1.29 is 14.6 Å². The summed E-state index contributed by atoms with van der Waals surface area (Å²) in [5.74, 6) is -0.275.